The molecule has 0 radical (unpaired) electrons. The molecule has 2 amide bonds. The molecular formula is C9H18N2O5. The first-order valence-electron chi connectivity index (χ1n) is 4.86. The Labute approximate surface area is 93.7 Å². The number of amides is 2. The van der Waals surface area contributed by atoms with E-state index in [-0.39, 0.29) is 6.61 Å². The number of hydrogen-bond donors (Lipinski definition) is 4. The Balaban J connectivity index is 4.46. The van der Waals surface area contributed by atoms with E-state index >= 15 is 0 Å². The van der Waals surface area contributed by atoms with Crippen LogP contribution in [0.25, 0.3) is 0 Å². The fourth-order valence-electron chi connectivity index (χ4n) is 0.946. The molecule has 0 saturated heterocycles. The Morgan fingerprint density at radius 1 is 1.38 bits per heavy atom. The molecule has 0 bridgehead atoms. The third-order valence-corrected chi connectivity index (χ3v) is 2.27. The van der Waals surface area contributed by atoms with E-state index in [1.54, 1.807) is 6.92 Å². The van der Waals surface area contributed by atoms with Crippen molar-refractivity contribution in [3.8, 4) is 0 Å². The molecule has 0 heterocycles. The average molecular weight is 234 g/mol. The number of aliphatic hydroxyl groups is 2. The molecule has 0 fully saturated rings. The Bertz CT molecular complexity index is 256. The van der Waals surface area contributed by atoms with E-state index in [0.29, 0.717) is 0 Å². The fraction of sp³-hybridized carbons (Fsp3) is 0.778. The smallest absolute Gasteiger partial charge is 0.328 e. The minimum atomic E-state index is -1.36. The summed E-state index contributed by atoms with van der Waals surface area (Å²) in [6.07, 6.45) is -1.20. The summed E-state index contributed by atoms with van der Waals surface area (Å²) < 4.78 is 0. The lowest BCUT2D eigenvalue weighted by molar-refractivity contribution is -0.141. The van der Waals surface area contributed by atoms with Crippen molar-refractivity contribution in [2.75, 3.05) is 13.7 Å². The van der Waals surface area contributed by atoms with Gasteiger partial charge in [-0.1, -0.05) is 0 Å². The van der Waals surface area contributed by atoms with Crippen LogP contribution < -0.4 is 5.32 Å². The quantitative estimate of drug-likeness (QED) is 0.480. The number of hydrogen-bond acceptors (Lipinski definition) is 4. The van der Waals surface area contributed by atoms with Crippen LogP contribution in [0.1, 0.15) is 13.8 Å². The lowest BCUT2D eigenvalue weighted by atomic mass is 10.2. The summed E-state index contributed by atoms with van der Waals surface area (Å²) >= 11 is 0. The Morgan fingerprint density at radius 3 is 2.19 bits per heavy atom. The number of carbonyl (C=O) groups excluding carboxylic acids is 1. The third-order valence-electron chi connectivity index (χ3n) is 2.27. The van der Waals surface area contributed by atoms with Crippen molar-refractivity contribution < 1.29 is 24.9 Å². The molecule has 3 atom stereocenters. The summed E-state index contributed by atoms with van der Waals surface area (Å²) in [5, 5.41) is 28.8. The van der Waals surface area contributed by atoms with Crippen molar-refractivity contribution in [1.29, 1.82) is 0 Å². The third kappa shape index (κ3) is 4.03. The number of rotatable bonds is 5. The zero-order chi connectivity index (χ0) is 12.9. The lowest BCUT2D eigenvalue weighted by Crippen LogP contribution is -2.53. The number of carbonyl (C=O) groups is 2. The molecule has 0 aliphatic heterocycles. The molecule has 0 aromatic carbocycles. The highest BCUT2D eigenvalue weighted by Crippen LogP contribution is 1.98. The number of aliphatic carboxylic acids is 1. The van der Waals surface area contributed by atoms with Crippen LogP contribution in [0.3, 0.4) is 0 Å². The van der Waals surface area contributed by atoms with E-state index < -0.39 is 30.2 Å². The van der Waals surface area contributed by atoms with Crippen LogP contribution in [-0.2, 0) is 4.79 Å². The highest BCUT2D eigenvalue weighted by molar-refractivity contribution is 5.83. The van der Waals surface area contributed by atoms with Gasteiger partial charge in [-0.25, -0.2) is 9.59 Å². The Morgan fingerprint density at radius 2 is 1.88 bits per heavy atom. The van der Waals surface area contributed by atoms with Gasteiger partial charge in [-0.05, 0) is 13.8 Å². The van der Waals surface area contributed by atoms with Gasteiger partial charge in [-0.2, -0.15) is 0 Å². The molecule has 0 aromatic heterocycles. The summed E-state index contributed by atoms with van der Waals surface area (Å²) in [7, 11) is 1.43. The van der Waals surface area contributed by atoms with Crippen LogP contribution in [0.5, 0.6) is 0 Å². The maximum Gasteiger partial charge on any atom is 0.328 e. The Hall–Kier alpha value is -1.34. The molecule has 16 heavy (non-hydrogen) atoms. The number of aliphatic hydroxyl groups excluding tert-OH is 2. The maximum absolute atomic E-state index is 11.5. The molecule has 0 aliphatic carbocycles. The van der Waals surface area contributed by atoms with E-state index in [9.17, 15) is 9.59 Å². The van der Waals surface area contributed by atoms with Gasteiger partial charge in [0.25, 0.3) is 0 Å². The zero-order valence-electron chi connectivity index (χ0n) is 9.54. The van der Waals surface area contributed by atoms with E-state index in [4.69, 9.17) is 15.3 Å². The van der Waals surface area contributed by atoms with Gasteiger partial charge in [-0.15, -0.1) is 0 Å². The van der Waals surface area contributed by atoms with Gasteiger partial charge in [0.05, 0.1) is 18.8 Å². The van der Waals surface area contributed by atoms with Crippen LogP contribution in [0, 0.1) is 0 Å². The molecule has 0 spiro atoms. The molecule has 94 valence electrons. The second-order valence-corrected chi connectivity index (χ2v) is 3.65. The Kier molecular flexibility index (Phi) is 5.76. The van der Waals surface area contributed by atoms with Crippen molar-refractivity contribution in [1.82, 2.24) is 10.2 Å². The topological polar surface area (TPSA) is 110 Å². The van der Waals surface area contributed by atoms with Crippen molar-refractivity contribution in [2.45, 2.75) is 32.0 Å². The molecule has 3 unspecified atom stereocenters. The second kappa shape index (κ2) is 6.29. The largest absolute Gasteiger partial charge is 0.480 e. The van der Waals surface area contributed by atoms with Crippen molar-refractivity contribution in [3.63, 3.8) is 0 Å². The van der Waals surface area contributed by atoms with Crippen LogP contribution in [-0.4, -0.2) is 64.1 Å². The van der Waals surface area contributed by atoms with Crippen LogP contribution in [0.2, 0.25) is 0 Å². The number of urea groups is 1. The van der Waals surface area contributed by atoms with Crippen molar-refractivity contribution in [3.05, 3.63) is 0 Å². The molecule has 0 rings (SSSR count). The van der Waals surface area contributed by atoms with Gasteiger partial charge in [0, 0.05) is 7.05 Å². The minimum absolute atomic E-state index is 0.226. The highest BCUT2D eigenvalue weighted by Gasteiger charge is 2.27. The van der Waals surface area contributed by atoms with Crippen molar-refractivity contribution in [2.24, 2.45) is 0 Å². The van der Waals surface area contributed by atoms with Gasteiger partial charge >= 0.3 is 12.0 Å². The highest BCUT2D eigenvalue weighted by atomic mass is 16.4. The van der Waals surface area contributed by atoms with Crippen LogP contribution in [0.4, 0.5) is 4.79 Å². The van der Waals surface area contributed by atoms with E-state index in [2.05, 4.69) is 5.32 Å². The number of likely N-dealkylation sites (N-methyl/N-ethyl adjacent to an activating group) is 1. The molecule has 0 aromatic rings. The first-order valence-corrected chi connectivity index (χ1v) is 4.86. The van der Waals surface area contributed by atoms with E-state index in [1.165, 1.54) is 14.0 Å². The van der Waals surface area contributed by atoms with Crippen molar-refractivity contribution >= 4 is 12.0 Å². The molecule has 4 N–H and O–H groups in total. The summed E-state index contributed by atoms with van der Waals surface area (Å²) in [6, 6.07) is -2.45. The summed E-state index contributed by atoms with van der Waals surface area (Å²) in [6.45, 7) is 2.66. The molecule has 7 nitrogen and oxygen atoms in total. The van der Waals surface area contributed by atoms with E-state index in [0.717, 1.165) is 4.90 Å². The minimum Gasteiger partial charge on any atom is -0.480 e. The molecule has 0 aliphatic rings. The van der Waals surface area contributed by atoms with Gasteiger partial charge in [-0.3, -0.25) is 0 Å². The number of nitrogens with zero attached hydrogens (tertiary/aromatic N) is 1. The SMILES string of the molecule is CC(O)C(NC(=O)N(C)C(C)CO)C(=O)O. The second-order valence-electron chi connectivity index (χ2n) is 3.65. The summed E-state index contributed by atoms with van der Waals surface area (Å²) in [5.74, 6) is -1.31. The molecule has 7 heteroatoms. The van der Waals surface area contributed by atoms with Crippen LogP contribution in [0.15, 0.2) is 0 Å². The number of carboxylic acid groups (broad SMARTS) is 1. The fourth-order valence-corrected chi connectivity index (χ4v) is 0.946. The normalized spacial score (nSPS) is 16.1. The monoisotopic (exact) mass is 234 g/mol. The van der Waals surface area contributed by atoms with Gasteiger partial charge in [0.1, 0.15) is 0 Å². The standard InChI is InChI=1S/C9H18N2O5/c1-5(4-12)11(3)9(16)10-7(6(2)13)8(14)15/h5-7,12-13H,4H2,1-3H3,(H,10,16)(H,14,15). The summed E-state index contributed by atoms with van der Waals surface area (Å²) in [4.78, 5) is 23.4. The van der Waals surface area contributed by atoms with Gasteiger partial charge in [0.15, 0.2) is 6.04 Å². The van der Waals surface area contributed by atoms with E-state index in [1.807, 2.05) is 0 Å². The maximum atomic E-state index is 11.5. The zero-order valence-corrected chi connectivity index (χ0v) is 9.54. The first kappa shape index (κ1) is 14.7. The number of carboxylic acids is 1. The summed E-state index contributed by atoms with van der Waals surface area (Å²) in [5.41, 5.74) is 0. The number of nitrogens with one attached hydrogen (secondary N) is 1. The molecule has 0 saturated carbocycles. The van der Waals surface area contributed by atoms with Gasteiger partial charge < -0.3 is 25.5 Å². The molecular weight excluding hydrogens is 216 g/mol. The predicted molar refractivity (Wildman–Crippen MR) is 55.9 cm³/mol. The lowest BCUT2D eigenvalue weighted by Gasteiger charge is -2.26. The van der Waals surface area contributed by atoms with Gasteiger partial charge in [0.2, 0.25) is 0 Å². The first-order chi connectivity index (χ1) is 7.31. The van der Waals surface area contributed by atoms with Crippen LogP contribution >= 0.6 is 0 Å². The average Bonchev–Trinajstić information content (AvgIpc) is 2.22. The predicted octanol–water partition coefficient (Wildman–Crippen LogP) is -1.16.